The predicted molar refractivity (Wildman–Crippen MR) is 221 cm³/mol. The molecule has 0 aromatic carbocycles. The number of ether oxygens (including phenoxy) is 2. The molecule has 0 spiro atoms. The Labute approximate surface area is 364 Å². The fraction of sp³-hybridized carbons (Fsp3) is 0.722. The van der Waals surface area contributed by atoms with Gasteiger partial charge in [0.25, 0.3) is 0 Å². The monoisotopic (exact) mass is 923 g/mol. The van der Waals surface area contributed by atoms with Crippen LogP contribution in [0.25, 0.3) is 0 Å². The van der Waals surface area contributed by atoms with Crippen molar-refractivity contribution < 1.29 is 72.2 Å². The smallest absolute Gasteiger partial charge is 0.394 e. The normalized spacial score (nSPS) is 18.3. The van der Waals surface area contributed by atoms with E-state index in [4.69, 9.17) is 30.7 Å². The van der Waals surface area contributed by atoms with Crippen LogP contribution >= 0.6 is 20.5 Å². The summed E-state index contributed by atoms with van der Waals surface area (Å²) in [6, 6.07) is -5.22. The number of rotatable bonds is 31. The summed E-state index contributed by atoms with van der Waals surface area (Å²) >= 11 is 3.97. The van der Waals surface area contributed by atoms with Crippen molar-refractivity contribution in [3.05, 3.63) is 18.2 Å². The van der Waals surface area contributed by atoms with Crippen LogP contribution in [0.3, 0.4) is 0 Å². The number of amides is 5. The summed E-state index contributed by atoms with van der Waals surface area (Å²) in [6.07, 6.45) is -0.0504. The van der Waals surface area contributed by atoms with Crippen molar-refractivity contribution in [2.24, 2.45) is 29.2 Å². The summed E-state index contributed by atoms with van der Waals surface area (Å²) in [6.45, 7) is 4.53. The van der Waals surface area contributed by atoms with Crippen LogP contribution in [0.1, 0.15) is 58.6 Å². The summed E-state index contributed by atoms with van der Waals surface area (Å²) < 4.78 is 26.7. The van der Waals surface area contributed by atoms with Crippen LogP contribution < -0.4 is 32.9 Å². The Morgan fingerprint density at radius 3 is 2.23 bits per heavy atom. The van der Waals surface area contributed by atoms with Gasteiger partial charge in [0, 0.05) is 50.0 Å². The highest BCUT2D eigenvalue weighted by Crippen LogP contribution is 2.39. The van der Waals surface area contributed by atoms with Crippen molar-refractivity contribution in [3.63, 3.8) is 0 Å². The summed E-state index contributed by atoms with van der Waals surface area (Å²) in [4.78, 5) is 118. The molecule has 0 radical (unpaired) electrons. The summed E-state index contributed by atoms with van der Waals surface area (Å²) in [5.41, 5.74) is 13.5. The highest BCUT2D eigenvalue weighted by atomic mass is 32.1. The van der Waals surface area contributed by atoms with E-state index in [9.17, 15) is 48.4 Å². The molecule has 1 fully saturated rings. The lowest BCUT2D eigenvalue weighted by atomic mass is 9.89. The number of aliphatic hydroxyl groups excluding tert-OH is 1. The van der Waals surface area contributed by atoms with E-state index in [2.05, 4.69) is 48.6 Å². The van der Waals surface area contributed by atoms with Gasteiger partial charge < -0.3 is 66.9 Å². The molecule has 352 valence electrons. The summed E-state index contributed by atoms with van der Waals surface area (Å²) in [7, 11) is -5.08. The molecule has 1 aromatic heterocycles. The minimum absolute atomic E-state index is 0.00929. The minimum atomic E-state index is -5.08. The highest BCUT2D eigenvalue weighted by molar-refractivity contribution is 7.80. The summed E-state index contributed by atoms with van der Waals surface area (Å²) in [5, 5.41) is 27.5. The lowest BCUT2D eigenvalue weighted by molar-refractivity contribution is -0.140. The zero-order valence-corrected chi connectivity index (χ0v) is 36.8. The van der Waals surface area contributed by atoms with Crippen molar-refractivity contribution in [1.82, 2.24) is 36.3 Å². The van der Waals surface area contributed by atoms with Gasteiger partial charge in [0.15, 0.2) is 11.6 Å². The lowest BCUT2D eigenvalue weighted by Gasteiger charge is -2.28. The molecule has 1 unspecified atom stereocenters. The molecule has 1 aliphatic heterocycles. The number of nitrogens with two attached hydrogens (primary N) is 2. The molecule has 2 rings (SSSR count). The second kappa shape index (κ2) is 27.3. The van der Waals surface area contributed by atoms with Gasteiger partial charge in [-0.2, -0.15) is 12.6 Å². The number of thiol groups is 1. The van der Waals surface area contributed by atoms with E-state index < -0.39 is 111 Å². The third-order valence-corrected chi connectivity index (χ3v) is 10.8. The van der Waals surface area contributed by atoms with Gasteiger partial charge in [-0.1, -0.05) is 13.8 Å². The van der Waals surface area contributed by atoms with Gasteiger partial charge in [0.05, 0.1) is 81.8 Å². The Morgan fingerprint density at radius 1 is 1.00 bits per heavy atom. The molecule has 1 aliphatic rings. The molecule has 62 heavy (non-hydrogen) atoms. The van der Waals surface area contributed by atoms with Crippen molar-refractivity contribution in [2.45, 2.75) is 95.6 Å². The number of nitrogens with one attached hydrogen (secondary N) is 5. The van der Waals surface area contributed by atoms with Crippen molar-refractivity contribution >= 4 is 61.6 Å². The highest BCUT2D eigenvalue weighted by Gasteiger charge is 2.41. The van der Waals surface area contributed by atoms with E-state index >= 15 is 0 Å². The maximum Gasteiger partial charge on any atom is 0.469 e. The Kier molecular flexibility index (Phi) is 23.9. The van der Waals surface area contributed by atoms with Gasteiger partial charge >= 0.3 is 7.82 Å². The van der Waals surface area contributed by atoms with Crippen LogP contribution in [-0.2, 0) is 58.5 Å². The zero-order chi connectivity index (χ0) is 46.6. The number of H-pyrrole nitrogens is 1. The minimum Gasteiger partial charge on any atom is -0.394 e. The quantitative estimate of drug-likeness (QED) is 0.0151. The van der Waals surface area contributed by atoms with Gasteiger partial charge in [-0.05, 0) is 25.7 Å². The van der Waals surface area contributed by atoms with Crippen LogP contribution in [0.4, 0.5) is 0 Å². The molecule has 1 aromatic rings. The van der Waals surface area contributed by atoms with Gasteiger partial charge in [0.2, 0.25) is 29.5 Å². The number of nitrogens with zero attached hydrogens (tertiary/aromatic N) is 2. The van der Waals surface area contributed by atoms with Crippen molar-refractivity contribution in [2.75, 3.05) is 51.9 Å². The number of hydrogen-bond acceptors (Lipinski definition) is 17. The first-order valence-corrected chi connectivity index (χ1v) is 22.1. The number of aromatic nitrogens is 2. The number of imidazole rings is 1. The zero-order valence-electron chi connectivity index (χ0n) is 35.0. The molecule has 26 heteroatoms. The number of ketones is 2. The third-order valence-electron chi connectivity index (χ3n) is 9.81. The average Bonchev–Trinajstić information content (AvgIpc) is 3.89. The summed E-state index contributed by atoms with van der Waals surface area (Å²) in [5.74, 6) is -7.62. The average molecular weight is 924 g/mol. The first-order valence-electron chi connectivity index (χ1n) is 20.0. The molecular formula is C36H62N9O15PS. The number of aromatic amines is 1. The van der Waals surface area contributed by atoms with E-state index in [0.717, 1.165) is 6.92 Å². The Bertz CT molecular complexity index is 1670. The molecule has 1 saturated heterocycles. The number of aliphatic hydroxyl groups is 1. The van der Waals surface area contributed by atoms with Gasteiger partial charge in [-0.3, -0.25) is 38.1 Å². The molecule has 0 aliphatic carbocycles. The van der Waals surface area contributed by atoms with Crippen molar-refractivity contribution in [1.29, 1.82) is 0 Å². The number of likely N-dealkylation sites (tertiary alicyclic amines) is 1. The Hall–Kier alpha value is -3.88. The number of hydroxylamine groups is 1. The van der Waals surface area contributed by atoms with E-state index in [1.165, 1.54) is 17.4 Å². The van der Waals surface area contributed by atoms with E-state index in [1.807, 2.05) is 13.8 Å². The fourth-order valence-electron chi connectivity index (χ4n) is 6.52. The van der Waals surface area contributed by atoms with Crippen LogP contribution in [0, 0.1) is 17.8 Å². The van der Waals surface area contributed by atoms with Crippen LogP contribution in [-0.4, -0.2) is 164 Å². The first kappa shape index (κ1) is 54.3. The Balaban J connectivity index is 2.11. The molecule has 5 amide bonds. The van der Waals surface area contributed by atoms with Gasteiger partial charge in [-0.25, -0.2) is 15.0 Å². The maximum atomic E-state index is 14.0. The van der Waals surface area contributed by atoms with Crippen molar-refractivity contribution in [3.8, 4) is 0 Å². The number of phosphoric ester groups is 1. The van der Waals surface area contributed by atoms with Crippen LogP contribution in [0.15, 0.2) is 12.5 Å². The second-order valence-electron chi connectivity index (χ2n) is 15.2. The maximum absolute atomic E-state index is 14.0. The number of phosphoric acid groups is 1. The standard InChI is InChI=1S/C36H62N9O15PS/c1-20(2)10-27(42-36(53)29-13-24(44-54)16-45(29)32(49)4-6-58-8-9-59-7-5-40-35(52)26(37)18-62)30(47)12-22(11-23-15-39-19-41-23)34(51)43-28(17-46)31(48)14-25(33(38)50)21(3)60-61(55,56)57/h15,19-22,24-29,44,46,54,62H,4-14,16-18,37H2,1-3H3,(H2,38,50)(H,39,41)(H,40,52)(H,42,53)(H,43,51)(H2,55,56,57)/t21?,22-,24+,25+,26+,27+,28+,29+/m1/s1. The number of carbonyl (C=O) groups excluding carboxylic acids is 7. The number of primary amides is 1. The molecule has 2 heterocycles. The van der Waals surface area contributed by atoms with E-state index in [1.54, 1.807) is 0 Å². The van der Waals surface area contributed by atoms with Crippen LogP contribution in [0.2, 0.25) is 0 Å². The number of carbonyl (C=O) groups is 7. The molecule has 8 atom stereocenters. The molecule has 13 N–H and O–H groups in total. The molecular weight excluding hydrogens is 861 g/mol. The predicted octanol–water partition coefficient (Wildman–Crippen LogP) is -3.16. The van der Waals surface area contributed by atoms with Gasteiger partial charge in [0.1, 0.15) is 12.1 Å². The topological polar surface area (TPSA) is 377 Å². The fourth-order valence-corrected chi connectivity index (χ4v) is 7.26. The second-order valence-corrected chi connectivity index (χ2v) is 16.8. The SMILES string of the molecule is CC(C)C[C@H](NC(=O)[C@@H]1C[C@H](NO)CN1C(=O)CCOCCOCCNC(=O)[C@@H](N)CS)C(=O)C[C@@H](Cc1cnc[nH]1)C(=O)N[C@@H](CO)C(=O)C[C@H](C(N)=O)C(C)OP(=O)(O)O. The number of hydrogen-bond donors (Lipinski definition) is 12. The molecule has 0 saturated carbocycles. The number of Topliss-reactive ketones (excluding diaryl/α,β-unsaturated/α-hetero) is 2. The first-order chi connectivity index (χ1) is 29.2. The molecule has 0 bridgehead atoms. The Morgan fingerprint density at radius 2 is 1.66 bits per heavy atom. The molecule has 24 nitrogen and oxygen atoms in total. The van der Waals surface area contributed by atoms with Gasteiger partial charge in [-0.15, -0.1) is 0 Å². The van der Waals surface area contributed by atoms with E-state index in [0.29, 0.717) is 5.69 Å². The largest absolute Gasteiger partial charge is 0.469 e. The lowest BCUT2D eigenvalue weighted by Crippen LogP contribution is -2.52. The van der Waals surface area contributed by atoms with Crippen LogP contribution in [0.5, 0.6) is 0 Å². The third kappa shape index (κ3) is 19.2. The van der Waals surface area contributed by atoms with E-state index in [-0.39, 0.29) is 82.8 Å².